The number of ether oxygens (including phenoxy) is 2. The van der Waals surface area contributed by atoms with E-state index in [4.69, 9.17) is 9.47 Å². The van der Waals surface area contributed by atoms with Gasteiger partial charge in [0.15, 0.2) is 14.9 Å². The molecule has 3 rings (SSSR count). The van der Waals surface area contributed by atoms with E-state index in [-0.39, 0.29) is 16.7 Å². The Morgan fingerprint density at radius 2 is 1.50 bits per heavy atom. The van der Waals surface area contributed by atoms with E-state index in [0.29, 0.717) is 18.1 Å². The molecule has 170 valence electrons. The third kappa shape index (κ3) is 5.92. The summed E-state index contributed by atoms with van der Waals surface area (Å²) in [6.07, 6.45) is 9.48. The summed E-state index contributed by atoms with van der Waals surface area (Å²) < 4.78 is 36.6. The summed E-state index contributed by atoms with van der Waals surface area (Å²) >= 11 is 0. The van der Waals surface area contributed by atoms with Gasteiger partial charge in [0.2, 0.25) is 5.88 Å². The molecule has 2 heterocycles. The van der Waals surface area contributed by atoms with Crippen LogP contribution in [0.2, 0.25) is 0 Å². The van der Waals surface area contributed by atoms with Crippen LogP contribution in [-0.2, 0) is 14.6 Å². The molecule has 1 saturated carbocycles. The zero-order valence-electron chi connectivity index (χ0n) is 19.0. The van der Waals surface area contributed by atoms with Crippen LogP contribution in [0, 0.1) is 0 Å². The maximum Gasteiger partial charge on any atom is 0.232 e. The lowest BCUT2D eigenvalue weighted by molar-refractivity contribution is -0.0744. The number of hydrogen-bond donors (Lipinski definition) is 0. The molecule has 2 aliphatic rings. The molecule has 1 saturated heterocycles. The number of likely N-dealkylation sites (tertiary alicyclic amines) is 1. The minimum atomic E-state index is -3.41. The van der Waals surface area contributed by atoms with Gasteiger partial charge in [-0.1, -0.05) is 0 Å². The van der Waals surface area contributed by atoms with Crippen molar-refractivity contribution in [3.05, 3.63) is 12.4 Å². The molecular weight excluding hydrogens is 402 g/mol. The SMILES string of the molecule is CC(C)S(=O)(=O)c1cnc(OC2CCC(OC3CCN(C(C)(C)C)CC3)CC2)cn1. The third-order valence-electron chi connectivity index (χ3n) is 6.20. The Bertz CT molecular complexity index is 774. The van der Waals surface area contributed by atoms with E-state index in [1.54, 1.807) is 13.8 Å². The Kier molecular flexibility index (Phi) is 7.40. The maximum absolute atomic E-state index is 12.1. The van der Waals surface area contributed by atoms with Crippen LogP contribution in [0.4, 0.5) is 0 Å². The van der Waals surface area contributed by atoms with Gasteiger partial charge in [-0.3, -0.25) is 4.90 Å². The van der Waals surface area contributed by atoms with Crippen LogP contribution < -0.4 is 4.74 Å². The lowest BCUT2D eigenvalue weighted by atomic mass is 9.94. The van der Waals surface area contributed by atoms with Crippen LogP contribution in [0.3, 0.4) is 0 Å². The molecule has 0 spiro atoms. The van der Waals surface area contributed by atoms with Crippen molar-refractivity contribution in [3.63, 3.8) is 0 Å². The van der Waals surface area contributed by atoms with Gasteiger partial charge in [-0.25, -0.2) is 18.4 Å². The van der Waals surface area contributed by atoms with E-state index in [1.807, 2.05) is 0 Å². The molecule has 0 atom stereocenters. The summed E-state index contributed by atoms with van der Waals surface area (Å²) in [7, 11) is -3.41. The van der Waals surface area contributed by atoms with E-state index >= 15 is 0 Å². The molecule has 0 amide bonds. The zero-order chi connectivity index (χ0) is 21.9. The van der Waals surface area contributed by atoms with Gasteiger partial charge in [0, 0.05) is 18.6 Å². The van der Waals surface area contributed by atoms with Crippen LogP contribution in [0.25, 0.3) is 0 Å². The predicted molar refractivity (Wildman–Crippen MR) is 116 cm³/mol. The number of piperidine rings is 1. The predicted octanol–water partition coefficient (Wildman–Crippen LogP) is 3.63. The lowest BCUT2D eigenvalue weighted by Gasteiger charge is -2.42. The average molecular weight is 440 g/mol. The van der Waals surface area contributed by atoms with Crippen molar-refractivity contribution in [1.82, 2.24) is 14.9 Å². The number of hydrogen-bond acceptors (Lipinski definition) is 7. The van der Waals surface area contributed by atoms with Gasteiger partial charge in [0.1, 0.15) is 6.10 Å². The molecule has 0 N–H and O–H groups in total. The van der Waals surface area contributed by atoms with Crippen LogP contribution >= 0.6 is 0 Å². The summed E-state index contributed by atoms with van der Waals surface area (Å²) in [5, 5.41) is -0.519. The Morgan fingerprint density at radius 3 is 2.00 bits per heavy atom. The van der Waals surface area contributed by atoms with Crippen LogP contribution in [0.1, 0.15) is 73.1 Å². The molecule has 1 aliphatic heterocycles. The van der Waals surface area contributed by atoms with Crippen molar-refractivity contribution < 1.29 is 17.9 Å². The summed E-state index contributed by atoms with van der Waals surface area (Å²) in [6, 6.07) is 0. The Labute approximate surface area is 181 Å². The first-order valence-corrected chi connectivity index (χ1v) is 12.7. The normalized spacial score (nSPS) is 24.9. The van der Waals surface area contributed by atoms with E-state index in [0.717, 1.165) is 51.6 Å². The number of nitrogens with zero attached hydrogens (tertiary/aromatic N) is 3. The Balaban J connectivity index is 1.42. The third-order valence-corrected chi connectivity index (χ3v) is 8.24. The van der Waals surface area contributed by atoms with Gasteiger partial charge in [0.25, 0.3) is 0 Å². The second-order valence-corrected chi connectivity index (χ2v) is 12.2. The topological polar surface area (TPSA) is 81.6 Å². The summed E-state index contributed by atoms with van der Waals surface area (Å²) in [5.74, 6) is 0.386. The summed E-state index contributed by atoms with van der Waals surface area (Å²) in [4.78, 5) is 10.7. The van der Waals surface area contributed by atoms with Crippen molar-refractivity contribution in [2.45, 2.75) is 107 Å². The standard InChI is InChI=1S/C22H37N3O4S/c1-16(2)30(26,27)21-15-23-20(14-24-21)29-18-8-6-17(7-9-18)28-19-10-12-25(13-11-19)22(3,4)5/h14-19H,6-13H2,1-5H3. The lowest BCUT2D eigenvalue weighted by Crippen LogP contribution is -2.48. The molecule has 0 bridgehead atoms. The first-order valence-electron chi connectivity index (χ1n) is 11.2. The monoisotopic (exact) mass is 439 g/mol. The highest BCUT2D eigenvalue weighted by molar-refractivity contribution is 7.91. The van der Waals surface area contributed by atoms with Crippen molar-refractivity contribution >= 4 is 9.84 Å². The molecule has 0 unspecified atom stereocenters. The molecule has 1 aliphatic carbocycles. The Morgan fingerprint density at radius 1 is 0.933 bits per heavy atom. The van der Waals surface area contributed by atoms with E-state index in [1.165, 1.54) is 12.4 Å². The van der Waals surface area contributed by atoms with Crippen molar-refractivity contribution in [2.24, 2.45) is 0 Å². The van der Waals surface area contributed by atoms with E-state index < -0.39 is 15.1 Å². The molecule has 2 fully saturated rings. The second-order valence-electron chi connectivity index (χ2n) is 9.80. The quantitative estimate of drug-likeness (QED) is 0.669. The fourth-order valence-corrected chi connectivity index (χ4v) is 5.03. The molecule has 30 heavy (non-hydrogen) atoms. The minimum Gasteiger partial charge on any atom is -0.473 e. The summed E-state index contributed by atoms with van der Waals surface area (Å²) in [5.41, 5.74) is 0.237. The van der Waals surface area contributed by atoms with Crippen LogP contribution in [0.5, 0.6) is 5.88 Å². The Hall–Kier alpha value is -1.25. The molecule has 0 radical (unpaired) electrons. The maximum atomic E-state index is 12.1. The van der Waals surface area contributed by atoms with Gasteiger partial charge in [0.05, 0.1) is 29.9 Å². The van der Waals surface area contributed by atoms with Crippen molar-refractivity contribution in [2.75, 3.05) is 13.1 Å². The number of rotatable bonds is 6. The average Bonchev–Trinajstić information content (AvgIpc) is 2.69. The molecule has 7 nitrogen and oxygen atoms in total. The number of sulfone groups is 1. The highest BCUT2D eigenvalue weighted by Crippen LogP contribution is 2.29. The van der Waals surface area contributed by atoms with E-state index in [2.05, 4.69) is 35.6 Å². The zero-order valence-corrected chi connectivity index (χ0v) is 19.8. The van der Waals surface area contributed by atoms with Gasteiger partial charge in [-0.05, 0) is 73.1 Å². The van der Waals surface area contributed by atoms with Crippen LogP contribution in [0.15, 0.2) is 17.4 Å². The fraction of sp³-hybridized carbons (Fsp3) is 0.818. The summed E-state index contributed by atoms with van der Waals surface area (Å²) in [6.45, 7) is 12.3. The second kappa shape index (κ2) is 9.49. The first-order chi connectivity index (χ1) is 14.1. The molecule has 8 heteroatoms. The molecule has 0 aromatic carbocycles. The van der Waals surface area contributed by atoms with Crippen molar-refractivity contribution in [1.29, 1.82) is 0 Å². The highest BCUT2D eigenvalue weighted by atomic mass is 32.2. The fourth-order valence-electron chi connectivity index (χ4n) is 4.15. The van der Waals surface area contributed by atoms with Gasteiger partial charge in [-0.15, -0.1) is 0 Å². The highest BCUT2D eigenvalue weighted by Gasteiger charge is 2.30. The van der Waals surface area contributed by atoms with E-state index in [9.17, 15) is 8.42 Å². The first kappa shape index (κ1) is 23.4. The smallest absolute Gasteiger partial charge is 0.232 e. The molecule has 1 aromatic heterocycles. The van der Waals surface area contributed by atoms with Gasteiger partial charge in [-0.2, -0.15) is 0 Å². The number of aromatic nitrogens is 2. The minimum absolute atomic E-state index is 0.000494. The van der Waals surface area contributed by atoms with Gasteiger partial charge >= 0.3 is 0 Å². The van der Waals surface area contributed by atoms with Crippen molar-refractivity contribution in [3.8, 4) is 5.88 Å². The molecular formula is C22H37N3O4S. The molecule has 1 aromatic rings. The van der Waals surface area contributed by atoms with Crippen LogP contribution in [-0.4, -0.2) is 65.5 Å². The van der Waals surface area contributed by atoms with Gasteiger partial charge < -0.3 is 9.47 Å². The largest absolute Gasteiger partial charge is 0.473 e.